The standard InChI is InChI=1S/C14H21N3O3S2/c1-9-12(21-8-16-9)5-6-22(19,20)17-7-10-3-2-4-11(10)13(17)14(15)18/h8,10-11,13H,2-7H2,1H3,(H2,15,18)/t10-,11+,13-/m0/s1. The first-order chi connectivity index (χ1) is 10.4. The molecule has 1 aromatic rings. The number of nitrogens with two attached hydrogens (primary N) is 1. The monoisotopic (exact) mass is 343 g/mol. The summed E-state index contributed by atoms with van der Waals surface area (Å²) in [6, 6.07) is -0.653. The maximum atomic E-state index is 12.7. The van der Waals surface area contributed by atoms with Gasteiger partial charge in [-0.2, -0.15) is 4.31 Å². The molecule has 122 valence electrons. The maximum Gasteiger partial charge on any atom is 0.236 e. The molecular weight excluding hydrogens is 322 g/mol. The molecule has 1 amide bonds. The quantitative estimate of drug-likeness (QED) is 0.860. The van der Waals surface area contributed by atoms with Crippen LogP contribution in [0, 0.1) is 18.8 Å². The minimum Gasteiger partial charge on any atom is -0.368 e. The molecular formula is C14H21N3O3S2. The van der Waals surface area contributed by atoms with E-state index in [1.807, 2.05) is 6.92 Å². The van der Waals surface area contributed by atoms with Gasteiger partial charge in [-0.3, -0.25) is 4.79 Å². The normalized spacial score (nSPS) is 28.9. The molecule has 1 aliphatic carbocycles. The predicted molar refractivity (Wildman–Crippen MR) is 84.9 cm³/mol. The van der Waals surface area contributed by atoms with Crippen molar-refractivity contribution < 1.29 is 13.2 Å². The molecule has 0 bridgehead atoms. The highest BCUT2D eigenvalue weighted by Gasteiger charge is 2.50. The van der Waals surface area contributed by atoms with E-state index in [2.05, 4.69) is 4.98 Å². The summed E-state index contributed by atoms with van der Waals surface area (Å²) in [5, 5.41) is 0. The molecule has 1 saturated carbocycles. The summed E-state index contributed by atoms with van der Waals surface area (Å²) in [6.07, 6.45) is 3.40. The number of hydrogen-bond donors (Lipinski definition) is 1. The molecule has 8 heteroatoms. The van der Waals surface area contributed by atoms with Crippen LogP contribution in [-0.2, 0) is 21.2 Å². The van der Waals surface area contributed by atoms with Crippen molar-refractivity contribution in [3.05, 3.63) is 16.1 Å². The molecule has 0 radical (unpaired) electrons. The first kappa shape index (κ1) is 15.9. The third-order valence-corrected chi connectivity index (χ3v) is 7.73. The van der Waals surface area contributed by atoms with Crippen LogP contribution in [0.5, 0.6) is 0 Å². The Hall–Kier alpha value is -0.990. The minimum absolute atomic E-state index is 0.0131. The number of aryl methyl sites for hydroxylation is 2. The Morgan fingerprint density at radius 2 is 2.27 bits per heavy atom. The van der Waals surface area contributed by atoms with Crippen molar-refractivity contribution in [3.8, 4) is 0 Å². The number of amides is 1. The number of nitrogens with zero attached hydrogens (tertiary/aromatic N) is 2. The van der Waals surface area contributed by atoms with Gasteiger partial charge in [-0.15, -0.1) is 11.3 Å². The van der Waals surface area contributed by atoms with Gasteiger partial charge < -0.3 is 5.73 Å². The van der Waals surface area contributed by atoms with Gasteiger partial charge in [0.1, 0.15) is 6.04 Å². The van der Waals surface area contributed by atoms with E-state index in [4.69, 9.17) is 5.73 Å². The third kappa shape index (κ3) is 2.79. The first-order valence-electron chi connectivity index (χ1n) is 7.58. The lowest BCUT2D eigenvalue weighted by atomic mass is 9.94. The first-order valence-corrected chi connectivity index (χ1v) is 10.1. The molecule has 6 nitrogen and oxygen atoms in total. The molecule has 1 saturated heterocycles. The molecule has 22 heavy (non-hydrogen) atoms. The molecule has 1 aliphatic heterocycles. The summed E-state index contributed by atoms with van der Waals surface area (Å²) >= 11 is 1.47. The second-order valence-corrected chi connectivity index (χ2v) is 9.18. The average molecular weight is 343 g/mol. The Morgan fingerprint density at radius 3 is 2.91 bits per heavy atom. The van der Waals surface area contributed by atoms with Crippen molar-refractivity contribution in [3.63, 3.8) is 0 Å². The molecule has 0 unspecified atom stereocenters. The van der Waals surface area contributed by atoms with Crippen LogP contribution in [0.15, 0.2) is 5.51 Å². The van der Waals surface area contributed by atoms with Crippen molar-refractivity contribution in [2.75, 3.05) is 12.3 Å². The Balaban J connectivity index is 1.76. The number of aromatic nitrogens is 1. The van der Waals surface area contributed by atoms with Crippen LogP contribution in [0.3, 0.4) is 0 Å². The number of primary amides is 1. The van der Waals surface area contributed by atoms with E-state index < -0.39 is 22.0 Å². The Bertz CT molecular complexity index is 671. The van der Waals surface area contributed by atoms with Gasteiger partial charge in [-0.25, -0.2) is 13.4 Å². The Morgan fingerprint density at radius 1 is 1.50 bits per heavy atom. The molecule has 2 heterocycles. The smallest absolute Gasteiger partial charge is 0.236 e. The van der Waals surface area contributed by atoms with Gasteiger partial charge in [0, 0.05) is 11.4 Å². The number of carbonyl (C=O) groups excluding carboxylic acids is 1. The van der Waals surface area contributed by atoms with Crippen molar-refractivity contribution in [1.82, 2.24) is 9.29 Å². The van der Waals surface area contributed by atoms with Crippen molar-refractivity contribution in [1.29, 1.82) is 0 Å². The van der Waals surface area contributed by atoms with E-state index in [-0.39, 0.29) is 17.6 Å². The summed E-state index contributed by atoms with van der Waals surface area (Å²) in [5.41, 5.74) is 8.11. The van der Waals surface area contributed by atoms with Crippen LogP contribution in [0.25, 0.3) is 0 Å². The van der Waals surface area contributed by atoms with Crippen LogP contribution in [0.1, 0.15) is 29.8 Å². The number of carbonyl (C=O) groups is 1. The van der Waals surface area contributed by atoms with Gasteiger partial charge in [0.2, 0.25) is 15.9 Å². The lowest BCUT2D eigenvalue weighted by molar-refractivity contribution is -0.122. The van der Waals surface area contributed by atoms with Crippen LogP contribution >= 0.6 is 11.3 Å². The van der Waals surface area contributed by atoms with E-state index in [1.165, 1.54) is 15.6 Å². The molecule has 3 rings (SSSR count). The zero-order chi connectivity index (χ0) is 15.9. The largest absolute Gasteiger partial charge is 0.368 e. The Kier molecular flexibility index (Phi) is 4.26. The SMILES string of the molecule is Cc1ncsc1CCS(=O)(=O)N1C[C@@H]2CCC[C@H]2[C@H]1C(N)=O. The van der Waals surface area contributed by atoms with E-state index >= 15 is 0 Å². The summed E-state index contributed by atoms with van der Waals surface area (Å²) in [7, 11) is -3.48. The molecule has 2 fully saturated rings. The van der Waals surface area contributed by atoms with Gasteiger partial charge in [-0.1, -0.05) is 6.42 Å². The highest BCUT2D eigenvalue weighted by atomic mass is 32.2. The topological polar surface area (TPSA) is 93.4 Å². The highest BCUT2D eigenvalue weighted by molar-refractivity contribution is 7.89. The molecule has 0 spiro atoms. The zero-order valence-corrected chi connectivity index (χ0v) is 14.2. The minimum atomic E-state index is -3.48. The van der Waals surface area contributed by atoms with E-state index in [1.54, 1.807) is 5.51 Å². The van der Waals surface area contributed by atoms with E-state index in [0.29, 0.717) is 13.0 Å². The average Bonchev–Trinajstić information content (AvgIpc) is 3.10. The fourth-order valence-electron chi connectivity index (χ4n) is 3.81. The van der Waals surface area contributed by atoms with Crippen molar-refractivity contribution >= 4 is 27.3 Å². The Labute approximate surface area is 134 Å². The summed E-state index contributed by atoms with van der Waals surface area (Å²) < 4.78 is 26.8. The van der Waals surface area contributed by atoms with Gasteiger partial charge in [0.25, 0.3) is 0 Å². The van der Waals surface area contributed by atoms with E-state index in [9.17, 15) is 13.2 Å². The molecule has 0 aromatic carbocycles. The molecule has 1 aromatic heterocycles. The van der Waals surface area contributed by atoms with Gasteiger partial charge in [-0.05, 0) is 38.0 Å². The van der Waals surface area contributed by atoms with Gasteiger partial charge >= 0.3 is 0 Å². The lowest BCUT2D eigenvalue weighted by Gasteiger charge is -2.24. The highest BCUT2D eigenvalue weighted by Crippen LogP contribution is 2.43. The van der Waals surface area contributed by atoms with Crippen LogP contribution < -0.4 is 5.73 Å². The molecule has 2 aliphatic rings. The molecule has 2 N–H and O–H groups in total. The number of sulfonamides is 1. The van der Waals surface area contributed by atoms with Crippen molar-refractivity contribution in [2.45, 2.75) is 38.6 Å². The van der Waals surface area contributed by atoms with E-state index in [0.717, 1.165) is 29.8 Å². The summed E-state index contributed by atoms with van der Waals surface area (Å²) in [5.74, 6) is -0.0963. The van der Waals surface area contributed by atoms with Crippen LogP contribution in [0.4, 0.5) is 0 Å². The fourth-order valence-corrected chi connectivity index (χ4v) is 6.44. The second kappa shape index (κ2) is 5.90. The van der Waals surface area contributed by atoms with Gasteiger partial charge in [0.15, 0.2) is 0 Å². The number of fused-ring (bicyclic) bond motifs is 1. The van der Waals surface area contributed by atoms with Gasteiger partial charge in [0.05, 0.1) is 17.0 Å². The number of rotatable bonds is 5. The number of thiazole rings is 1. The van der Waals surface area contributed by atoms with Crippen molar-refractivity contribution in [2.24, 2.45) is 17.6 Å². The lowest BCUT2D eigenvalue weighted by Crippen LogP contribution is -2.47. The fraction of sp³-hybridized carbons (Fsp3) is 0.714. The molecule has 3 atom stereocenters. The second-order valence-electron chi connectivity index (χ2n) is 6.20. The summed E-state index contributed by atoms with van der Waals surface area (Å²) in [4.78, 5) is 16.9. The van der Waals surface area contributed by atoms with Crippen LogP contribution in [0.2, 0.25) is 0 Å². The maximum absolute atomic E-state index is 12.7. The third-order valence-electron chi connectivity index (χ3n) is 4.93. The van der Waals surface area contributed by atoms with Crippen LogP contribution in [-0.4, -0.2) is 42.0 Å². The zero-order valence-electron chi connectivity index (χ0n) is 12.6. The predicted octanol–water partition coefficient (Wildman–Crippen LogP) is 0.910. The number of hydrogen-bond acceptors (Lipinski definition) is 5. The summed E-state index contributed by atoms with van der Waals surface area (Å²) in [6.45, 7) is 2.33.